The van der Waals surface area contributed by atoms with Crippen molar-refractivity contribution in [1.82, 2.24) is 9.88 Å². The fourth-order valence-electron chi connectivity index (χ4n) is 2.42. The van der Waals surface area contributed by atoms with E-state index in [2.05, 4.69) is 41.2 Å². The predicted molar refractivity (Wildman–Crippen MR) is 76.2 cm³/mol. The quantitative estimate of drug-likeness (QED) is 0.831. The summed E-state index contributed by atoms with van der Waals surface area (Å²) in [6.07, 6.45) is 5.16. The Morgan fingerprint density at radius 3 is 2.94 bits per heavy atom. The molecule has 0 aliphatic carbocycles. The van der Waals surface area contributed by atoms with Crippen molar-refractivity contribution < 1.29 is 0 Å². The van der Waals surface area contributed by atoms with Crippen LogP contribution in [0.1, 0.15) is 12.0 Å². The van der Waals surface area contributed by atoms with Gasteiger partial charge in [0.05, 0.1) is 0 Å². The fourth-order valence-corrected chi connectivity index (χ4v) is 2.42. The Balaban J connectivity index is 2.06. The minimum Gasteiger partial charge on any atom is -0.383 e. The van der Waals surface area contributed by atoms with Gasteiger partial charge in [0.15, 0.2) is 0 Å². The molecule has 1 aliphatic rings. The lowest BCUT2D eigenvalue weighted by Gasteiger charge is -2.22. The first-order valence-electron chi connectivity index (χ1n) is 6.26. The first-order chi connectivity index (χ1) is 8.74. The van der Waals surface area contributed by atoms with Crippen LogP contribution in [0.3, 0.4) is 0 Å². The van der Waals surface area contributed by atoms with Crippen molar-refractivity contribution >= 4 is 22.2 Å². The summed E-state index contributed by atoms with van der Waals surface area (Å²) in [5.74, 6) is 0.614. The topological polar surface area (TPSA) is 42.2 Å². The number of fused-ring (bicyclic) bond motifs is 1. The van der Waals surface area contributed by atoms with Crippen LogP contribution in [-0.4, -0.2) is 30.0 Å². The SMILES string of the molecule is CN1CC=C(c2ccc3ccnc(N)c3c2)CC1. The maximum absolute atomic E-state index is 5.94. The highest BCUT2D eigenvalue weighted by Crippen LogP contribution is 2.27. The summed E-state index contributed by atoms with van der Waals surface area (Å²) in [5.41, 5.74) is 8.63. The maximum atomic E-state index is 5.94. The molecule has 2 heterocycles. The molecule has 1 aromatic carbocycles. The molecule has 1 aromatic heterocycles. The largest absolute Gasteiger partial charge is 0.383 e. The summed E-state index contributed by atoms with van der Waals surface area (Å²) >= 11 is 0. The fraction of sp³-hybridized carbons (Fsp3) is 0.267. The Kier molecular flexibility index (Phi) is 2.76. The van der Waals surface area contributed by atoms with Crippen LogP contribution in [0.2, 0.25) is 0 Å². The Labute approximate surface area is 107 Å². The van der Waals surface area contributed by atoms with Crippen LogP contribution in [0.5, 0.6) is 0 Å². The Morgan fingerprint density at radius 1 is 1.28 bits per heavy atom. The van der Waals surface area contributed by atoms with Gasteiger partial charge in [0, 0.05) is 24.7 Å². The minimum atomic E-state index is 0.614. The van der Waals surface area contributed by atoms with Crippen molar-refractivity contribution in [1.29, 1.82) is 0 Å². The summed E-state index contributed by atoms with van der Waals surface area (Å²) in [6, 6.07) is 8.47. The lowest BCUT2D eigenvalue weighted by molar-refractivity contribution is 0.370. The highest BCUT2D eigenvalue weighted by molar-refractivity contribution is 5.93. The van der Waals surface area contributed by atoms with Crippen molar-refractivity contribution in [3.8, 4) is 0 Å². The minimum absolute atomic E-state index is 0.614. The third-order valence-corrected chi connectivity index (χ3v) is 3.58. The average molecular weight is 239 g/mol. The second kappa shape index (κ2) is 4.42. The first kappa shape index (κ1) is 11.2. The zero-order valence-electron chi connectivity index (χ0n) is 10.6. The van der Waals surface area contributed by atoms with Gasteiger partial charge in [-0.2, -0.15) is 0 Å². The van der Waals surface area contributed by atoms with Gasteiger partial charge in [-0.1, -0.05) is 18.2 Å². The van der Waals surface area contributed by atoms with Gasteiger partial charge >= 0.3 is 0 Å². The van der Waals surface area contributed by atoms with E-state index < -0.39 is 0 Å². The Bertz CT molecular complexity index is 616. The van der Waals surface area contributed by atoms with E-state index in [-0.39, 0.29) is 0 Å². The Hall–Kier alpha value is -1.87. The van der Waals surface area contributed by atoms with E-state index in [1.54, 1.807) is 6.20 Å². The number of likely N-dealkylation sites (N-methyl/N-ethyl adjacent to an activating group) is 1. The molecule has 18 heavy (non-hydrogen) atoms. The van der Waals surface area contributed by atoms with Crippen LogP contribution in [-0.2, 0) is 0 Å². The first-order valence-corrected chi connectivity index (χ1v) is 6.26. The molecule has 0 saturated carbocycles. The van der Waals surface area contributed by atoms with Crippen LogP contribution in [0.25, 0.3) is 16.3 Å². The summed E-state index contributed by atoms with van der Waals surface area (Å²) in [4.78, 5) is 6.48. The molecule has 2 aromatic rings. The smallest absolute Gasteiger partial charge is 0.131 e. The normalized spacial score (nSPS) is 16.8. The van der Waals surface area contributed by atoms with Crippen molar-refractivity contribution in [2.45, 2.75) is 6.42 Å². The molecule has 0 saturated heterocycles. The predicted octanol–water partition coefficient (Wildman–Crippen LogP) is 2.54. The summed E-state index contributed by atoms with van der Waals surface area (Å²) < 4.78 is 0. The highest BCUT2D eigenvalue weighted by atomic mass is 15.1. The number of benzene rings is 1. The zero-order chi connectivity index (χ0) is 12.5. The zero-order valence-corrected chi connectivity index (χ0v) is 10.6. The van der Waals surface area contributed by atoms with E-state index in [0.29, 0.717) is 5.82 Å². The van der Waals surface area contributed by atoms with Crippen LogP contribution in [0, 0.1) is 0 Å². The lowest BCUT2D eigenvalue weighted by Crippen LogP contribution is -2.23. The third-order valence-electron chi connectivity index (χ3n) is 3.58. The standard InChI is InChI=1S/C15H17N3/c1-18-8-5-11(6-9-18)13-3-2-12-4-7-17-15(16)14(12)10-13/h2-5,7,10H,6,8-9H2,1H3,(H2,16,17). The van der Waals surface area contributed by atoms with E-state index in [1.165, 1.54) is 11.1 Å². The number of pyridine rings is 1. The van der Waals surface area contributed by atoms with Crippen LogP contribution >= 0.6 is 0 Å². The number of hydrogen-bond donors (Lipinski definition) is 1. The monoisotopic (exact) mass is 239 g/mol. The van der Waals surface area contributed by atoms with Gasteiger partial charge in [-0.15, -0.1) is 0 Å². The van der Waals surface area contributed by atoms with Gasteiger partial charge in [-0.05, 0) is 42.1 Å². The van der Waals surface area contributed by atoms with Crippen LogP contribution in [0.4, 0.5) is 5.82 Å². The van der Waals surface area contributed by atoms with Gasteiger partial charge in [0.2, 0.25) is 0 Å². The molecular weight excluding hydrogens is 222 g/mol. The van der Waals surface area contributed by atoms with E-state index in [4.69, 9.17) is 5.73 Å². The molecule has 3 heteroatoms. The number of nitrogens with zero attached hydrogens (tertiary/aromatic N) is 2. The summed E-state index contributed by atoms with van der Waals surface area (Å²) in [5, 5.41) is 2.20. The number of hydrogen-bond acceptors (Lipinski definition) is 3. The molecule has 0 bridgehead atoms. The van der Waals surface area contributed by atoms with Gasteiger partial charge < -0.3 is 10.6 Å². The van der Waals surface area contributed by atoms with Crippen molar-refractivity contribution in [3.05, 3.63) is 42.1 Å². The second-order valence-corrected chi connectivity index (χ2v) is 4.87. The van der Waals surface area contributed by atoms with Gasteiger partial charge in [-0.25, -0.2) is 4.98 Å². The molecule has 0 amide bonds. The number of nitrogens with two attached hydrogens (primary N) is 1. The molecule has 3 nitrogen and oxygen atoms in total. The molecule has 2 N–H and O–H groups in total. The van der Waals surface area contributed by atoms with Gasteiger partial charge in [0.25, 0.3) is 0 Å². The molecule has 0 fully saturated rings. The molecule has 0 radical (unpaired) electrons. The van der Waals surface area contributed by atoms with E-state index >= 15 is 0 Å². The molecule has 1 aliphatic heterocycles. The Morgan fingerprint density at radius 2 is 2.17 bits per heavy atom. The van der Waals surface area contributed by atoms with Gasteiger partial charge in [0.1, 0.15) is 5.82 Å². The number of nitrogen functional groups attached to an aromatic ring is 1. The van der Waals surface area contributed by atoms with Crippen molar-refractivity contribution in [3.63, 3.8) is 0 Å². The highest BCUT2D eigenvalue weighted by Gasteiger charge is 2.10. The summed E-state index contributed by atoms with van der Waals surface area (Å²) in [7, 11) is 2.15. The van der Waals surface area contributed by atoms with E-state index in [1.807, 2.05) is 6.07 Å². The van der Waals surface area contributed by atoms with E-state index in [9.17, 15) is 0 Å². The third kappa shape index (κ3) is 1.97. The van der Waals surface area contributed by atoms with Gasteiger partial charge in [-0.3, -0.25) is 0 Å². The molecule has 0 unspecified atom stereocenters. The molecular formula is C15H17N3. The van der Waals surface area contributed by atoms with Crippen LogP contribution < -0.4 is 5.73 Å². The molecule has 3 rings (SSSR count). The molecule has 92 valence electrons. The lowest BCUT2D eigenvalue weighted by atomic mass is 9.97. The van der Waals surface area contributed by atoms with Crippen molar-refractivity contribution in [2.24, 2.45) is 0 Å². The number of anilines is 1. The number of rotatable bonds is 1. The van der Waals surface area contributed by atoms with Crippen molar-refractivity contribution in [2.75, 3.05) is 25.9 Å². The maximum Gasteiger partial charge on any atom is 0.131 e. The number of aromatic nitrogens is 1. The molecule has 0 atom stereocenters. The average Bonchev–Trinajstić information content (AvgIpc) is 2.40. The van der Waals surface area contributed by atoms with E-state index in [0.717, 1.165) is 30.3 Å². The second-order valence-electron chi connectivity index (χ2n) is 4.87. The summed E-state index contributed by atoms with van der Waals surface area (Å²) in [6.45, 7) is 2.14. The molecule has 0 spiro atoms. The van der Waals surface area contributed by atoms with Crippen LogP contribution in [0.15, 0.2) is 36.5 Å².